The molecule has 0 saturated carbocycles. The van der Waals surface area contributed by atoms with Gasteiger partial charge in [-0.2, -0.15) is 8.42 Å². The molecule has 6 aromatic carbocycles. The summed E-state index contributed by atoms with van der Waals surface area (Å²) in [6, 6.07) is 47.3. The Bertz CT molecular complexity index is 2250. The number of ether oxygens (including phenoxy) is 2. The maximum absolute atomic E-state index is 11.0. The lowest BCUT2D eigenvalue weighted by Crippen LogP contribution is -2.01. The lowest BCUT2D eigenvalue weighted by molar-refractivity contribution is -0.446. The second kappa shape index (κ2) is 22.7. The summed E-state index contributed by atoms with van der Waals surface area (Å²) < 4.78 is 41.0. The van der Waals surface area contributed by atoms with Gasteiger partial charge >= 0.3 is 11.9 Å². The molecule has 0 aliphatic carbocycles. The zero-order valence-corrected chi connectivity index (χ0v) is 33.1. The number of halogens is 1. The second-order valence-corrected chi connectivity index (χ2v) is 14.4. The molecule has 0 atom stereocenters. The molecule has 11 nitrogen and oxygen atoms in total. The van der Waals surface area contributed by atoms with Gasteiger partial charge in [0.25, 0.3) is 13.2 Å². The molecule has 3 N–H and O–H groups in total. The Morgan fingerprint density at radius 3 is 1.29 bits per heavy atom. The average Bonchev–Trinajstić information content (AvgIpc) is 3.16. The first-order valence-electron chi connectivity index (χ1n) is 16.0. The highest BCUT2D eigenvalue weighted by Crippen LogP contribution is 2.26. The average molecular weight is 895 g/mol. The van der Waals surface area contributed by atoms with Crippen LogP contribution in [0.4, 0.5) is 0 Å². The van der Waals surface area contributed by atoms with Gasteiger partial charge in [-0.15, -0.1) is 0 Å². The Morgan fingerprint density at radius 2 is 0.945 bits per heavy atom. The summed E-state index contributed by atoms with van der Waals surface area (Å²) in [4.78, 5) is 25.4. The number of hydrogen-bond donors (Lipinski definition) is 3. The molecule has 0 radical (unpaired) electrons. The van der Waals surface area contributed by atoms with Crippen molar-refractivity contribution >= 4 is 59.9 Å². The minimum Gasteiger partial charge on any atom is -0.508 e. The first-order chi connectivity index (χ1) is 26.2. The second-order valence-electron chi connectivity index (χ2n) is 10.9. The monoisotopic (exact) mass is 894 g/mol. The number of phenols is 1. The molecule has 0 aromatic heterocycles. The highest BCUT2D eigenvalue weighted by molar-refractivity contribution is 14.1. The number of aromatic hydroxyl groups is 1. The maximum Gasteiger partial charge on any atom is 0.308 e. The van der Waals surface area contributed by atoms with Crippen LogP contribution in [0.25, 0.3) is 33.4 Å². The van der Waals surface area contributed by atoms with Crippen LogP contribution in [0.3, 0.4) is 0 Å². The van der Waals surface area contributed by atoms with Gasteiger partial charge in [0.05, 0.1) is 4.90 Å². The largest absolute Gasteiger partial charge is 0.508 e. The highest BCUT2D eigenvalue weighted by atomic mass is 127. The molecule has 0 amide bonds. The molecule has 6 rings (SSSR count). The van der Waals surface area contributed by atoms with Crippen LogP contribution in [0.1, 0.15) is 13.8 Å². The van der Waals surface area contributed by atoms with Gasteiger partial charge in [-0.3, -0.25) is 19.0 Å². The highest BCUT2D eigenvalue weighted by Gasteiger charge is 2.09. The minimum absolute atomic E-state index is 0.120. The third-order valence-electron chi connectivity index (χ3n) is 6.84. The van der Waals surface area contributed by atoms with E-state index in [2.05, 4.69) is 22.1 Å². The van der Waals surface area contributed by atoms with E-state index in [1.54, 1.807) is 77.2 Å². The smallest absolute Gasteiger partial charge is 0.308 e. The number of thiocarbonyl (C=S) groups is 1. The number of benzene rings is 6. The van der Waals surface area contributed by atoms with Crippen molar-refractivity contribution in [2.45, 2.75) is 18.7 Å². The topological polar surface area (TPSA) is 166 Å². The van der Waals surface area contributed by atoms with E-state index in [1.807, 2.05) is 91.0 Å². The van der Waals surface area contributed by atoms with Gasteiger partial charge in [0.2, 0.25) is 0 Å². The van der Waals surface area contributed by atoms with E-state index in [0.717, 1.165) is 33.4 Å². The van der Waals surface area contributed by atoms with Crippen molar-refractivity contribution in [3.05, 3.63) is 158 Å². The predicted octanol–water partition coefficient (Wildman–Crippen LogP) is 9.99. The normalized spacial score (nSPS) is 10.1. The zero-order chi connectivity index (χ0) is 40.2. The lowest BCUT2D eigenvalue weighted by atomic mass is 10.1. The number of phenolic OH excluding ortho intramolecular Hbond substituents is 1. The van der Waals surface area contributed by atoms with E-state index < -0.39 is 16.1 Å². The van der Waals surface area contributed by atoms with Gasteiger partial charge in [-0.1, -0.05) is 109 Å². The fourth-order valence-electron chi connectivity index (χ4n) is 4.61. The van der Waals surface area contributed by atoms with Crippen LogP contribution >= 0.6 is 34.8 Å². The Kier molecular flexibility index (Phi) is 18.1. The fourth-order valence-corrected chi connectivity index (χ4v) is 5.20. The molecule has 0 aliphatic heterocycles. The standard InChI is InChI=1S/C14H12O5S.C14H12O2.C12H10O.CHIO3S/c1-10(15)19-13-4-2-3-12(9-13)11-5-7-14(8-6-11)20(16,17)18;1-11(15)16-14-9-5-8-13(10-14)12-6-3-2-4-7-12;13-12-8-4-7-11(9-12)10-5-2-1-3-6-10;2-1(6)4-5-3/h2-9H,1H3,(H,16,17,18);2-10H,1H3;1-9,13H;3H. The van der Waals surface area contributed by atoms with Crippen molar-refractivity contribution in [1.29, 1.82) is 0 Å². The number of rotatable bonds is 7. The van der Waals surface area contributed by atoms with Gasteiger partial charge < -0.3 is 14.6 Å². The van der Waals surface area contributed by atoms with Crippen molar-refractivity contribution in [3.8, 4) is 50.6 Å². The number of carbonyl (C=O) groups excluding carboxylic acids is 2. The molecule has 0 unspecified atom stereocenters. The van der Waals surface area contributed by atoms with Gasteiger partial charge in [0.15, 0.2) is 0 Å². The zero-order valence-electron chi connectivity index (χ0n) is 29.3. The Labute approximate surface area is 337 Å². The van der Waals surface area contributed by atoms with Gasteiger partial charge in [-0.05, 0) is 99.2 Å². The lowest BCUT2D eigenvalue weighted by Gasteiger charge is -2.06. The van der Waals surface area contributed by atoms with Crippen molar-refractivity contribution in [2.24, 2.45) is 0 Å². The summed E-state index contributed by atoms with van der Waals surface area (Å²) in [5.74, 6) is 0.582. The summed E-state index contributed by atoms with van der Waals surface area (Å²) in [7, 11) is -4.20. The molecule has 14 heteroatoms. The van der Waals surface area contributed by atoms with E-state index in [4.69, 9.17) is 19.3 Å². The van der Waals surface area contributed by atoms with Gasteiger partial charge in [0.1, 0.15) is 17.2 Å². The molecule has 6 aromatic rings. The predicted molar refractivity (Wildman–Crippen MR) is 221 cm³/mol. The summed E-state index contributed by atoms with van der Waals surface area (Å²) in [6.07, 6.45) is 0. The van der Waals surface area contributed by atoms with Gasteiger partial charge in [-0.25, -0.2) is 5.26 Å². The first-order valence-corrected chi connectivity index (χ1v) is 18.9. The molecule has 0 aliphatic rings. The molecule has 0 fully saturated rings. The first kappa shape index (κ1) is 43.9. The van der Waals surface area contributed by atoms with Crippen LogP contribution < -0.4 is 9.47 Å². The van der Waals surface area contributed by atoms with Crippen LogP contribution in [-0.2, 0) is 29.6 Å². The van der Waals surface area contributed by atoms with Crippen LogP contribution in [0.15, 0.2) is 163 Å². The molecule has 55 heavy (non-hydrogen) atoms. The van der Waals surface area contributed by atoms with E-state index in [9.17, 15) is 23.1 Å². The Hall–Kier alpha value is -5.49. The Morgan fingerprint density at radius 1 is 0.564 bits per heavy atom. The SMILES string of the molecule is CC(=O)Oc1cccc(-c2ccc(S(=O)(=O)O)cc2)c1.CC(=O)Oc1cccc(-c2ccccc2)c1.OOOC(=S)I.Oc1cccc(-c2ccccc2)c1. The van der Waals surface area contributed by atoms with E-state index in [0.29, 0.717) is 17.2 Å². The van der Waals surface area contributed by atoms with Crippen molar-refractivity contribution in [3.63, 3.8) is 0 Å². The molecule has 0 spiro atoms. The summed E-state index contributed by atoms with van der Waals surface area (Å²) in [6.45, 7) is 2.71. The number of carbonyl (C=O) groups is 2. The minimum atomic E-state index is -4.20. The van der Waals surface area contributed by atoms with E-state index >= 15 is 0 Å². The maximum atomic E-state index is 11.0. The molecular formula is C41H35IO11S2. The molecule has 0 heterocycles. The number of esters is 2. The third kappa shape index (κ3) is 16.6. The summed E-state index contributed by atoms with van der Waals surface area (Å²) in [5.41, 5.74) is 5.83. The Balaban J connectivity index is 0.000000210. The van der Waals surface area contributed by atoms with Crippen LogP contribution in [-0.4, -0.2) is 38.3 Å². The van der Waals surface area contributed by atoms with Crippen molar-refractivity contribution < 1.29 is 52.3 Å². The summed E-state index contributed by atoms with van der Waals surface area (Å²) >= 11 is 5.94. The molecule has 284 valence electrons. The van der Waals surface area contributed by atoms with Crippen LogP contribution in [0.2, 0.25) is 0 Å². The van der Waals surface area contributed by atoms with Gasteiger partial charge in [0, 0.05) is 36.4 Å². The third-order valence-corrected chi connectivity index (χ3v) is 7.96. The van der Waals surface area contributed by atoms with E-state index in [1.165, 1.54) is 26.0 Å². The van der Waals surface area contributed by atoms with Crippen LogP contribution in [0, 0.1) is 0 Å². The van der Waals surface area contributed by atoms with E-state index in [-0.39, 0.29) is 13.9 Å². The number of hydrogen-bond acceptors (Lipinski definition) is 11. The molecule has 0 bridgehead atoms. The van der Waals surface area contributed by atoms with Crippen molar-refractivity contribution in [2.75, 3.05) is 0 Å². The fraction of sp³-hybridized carbons (Fsp3) is 0.0488. The quantitative estimate of drug-likeness (QED) is 0.0203. The molecule has 0 saturated heterocycles. The van der Waals surface area contributed by atoms with Crippen LogP contribution in [0.5, 0.6) is 17.2 Å². The summed E-state index contributed by atoms with van der Waals surface area (Å²) in [5, 5.41) is 19.9. The molecular weight excluding hydrogens is 859 g/mol. The van der Waals surface area contributed by atoms with Crippen molar-refractivity contribution in [1.82, 2.24) is 0 Å².